The lowest BCUT2D eigenvalue weighted by molar-refractivity contribution is 0.451. The largest absolute Gasteiger partial charge is 0.355 e. The number of aromatic nitrogens is 2. The summed E-state index contributed by atoms with van der Waals surface area (Å²) in [6.07, 6.45) is 4.48. The van der Waals surface area contributed by atoms with Gasteiger partial charge in [-0.15, -0.1) is 11.6 Å². The van der Waals surface area contributed by atoms with Gasteiger partial charge in [0.2, 0.25) is 0 Å². The third kappa shape index (κ3) is 2.53. The van der Waals surface area contributed by atoms with E-state index in [0.29, 0.717) is 11.3 Å². The summed E-state index contributed by atoms with van der Waals surface area (Å²) in [4.78, 5) is 10.6. The van der Waals surface area contributed by atoms with Gasteiger partial charge >= 0.3 is 0 Å². The van der Waals surface area contributed by atoms with E-state index in [-0.39, 0.29) is 0 Å². The van der Waals surface area contributed by atoms with Crippen LogP contribution in [0.15, 0.2) is 12.5 Å². The molecule has 1 aromatic rings. The van der Waals surface area contributed by atoms with Crippen molar-refractivity contribution in [2.24, 2.45) is 5.92 Å². The summed E-state index contributed by atoms with van der Waals surface area (Å²) in [6.45, 7) is 4.17. The molecule has 1 saturated heterocycles. The molecule has 2 unspecified atom stereocenters. The maximum absolute atomic E-state index is 6.20. The lowest BCUT2D eigenvalue weighted by atomic mass is 10.00. The Morgan fingerprint density at radius 2 is 2.40 bits per heavy atom. The predicted octanol–water partition coefficient (Wildman–Crippen LogP) is 2.53. The number of piperidine rings is 1. The first-order valence-corrected chi connectivity index (χ1v) is 6.54. The molecule has 2 atom stereocenters. The zero-order valence-electron chi connectivity index (χ0n) is 8.53. The molecule has 0 bridgehead atoms. The van der Waals surface area contributed by atoms with Crippen LogP contribution in [0, 0.1) is 9.49 Å². The molecule has 1 aromatic heterocycles. The Balaban J connectivity index is 2.15. The number of alkyl halides is 1. The Hall–Kier alpha value is -0.100. The first-order valence-electron chi connectivity index (χ1n) is 5.03. The molecule has 2 rings (SSSR count). The lowest BCUT2D eigenvalue weighted by Crippen LogP contribution is -2.40. The second-order valence-electron chi connectivity index (χ2n) is 3.92. The van der Waals surface area contributed by atoms with Gasteiger partial charge in [0.15, 0.2) is 0 Å². The van der Waals surface area contributed by atoms with Crippen molar-refractivity contribution in [2.75, 3.05) is 18.0 Å². The summed E-state index contributed by atoms with van der Waals surface area (Å²) >= 11 is 8.47. The van der Waals surface area contributed by atoms with E-state index >= 15 is 0 Å². The highest BCUT2D eigenvalue weighted by Gasteiger charge is 2.25. The van der Waals surface area contributed by atoms with E-state index in [1.807, 2.05) is 6.20 Å². The van der Waals surface area contributed by atoms with Crippen molar-refractivity contribution in [3.05, 3.63) is 16.1 Å². The number of anilines is 1. The van der Waals surface area contributed by atoms with E-state index in [9.17, 15) is 0 Å². The van der Waals surface area contributed by atoms with Crippen molar-refractivity contribution in [3.8, 4) is 0 Å². The molecule has 15 heavy (non-hydrogen) atoms. The summed E-state index contributed by atoms with van der Waals surface area (Å²) in [5, 5.41) is 0.306. The van der Waals surface area contributed by atoms with Crippen molar-refractivity contribution in [1.29, 1.82) is 0 Å². The van der Waals surface area contributed by atoms with Crippen LogP contribution in [-0.2, 0) is 0 Å². The number of hydrogen-bond donors (Lipinski definition) is 0. The fraction of sp³-hybridized carbons (Fsp3) is 0.600. The molecule has 3 nitrogen and oxygen atoms in total. The molecule has 1 aliphatic rings. The fourth-order valence-electron chi connectivity index (χ4n) is 1.85. The van der Waals surface area contributed by atoms with Crippen LogP contribution in [0.2, 0.25) is 0 Å². The van der Waals surface area contributed by atoms with E-state index < -0.39 is 0 Å². The highest BCUT2D eigenvalue weighted by atomic mass is 127. The maximum Gasteiger partial charge on any atom is 0.145 e. The minimum Gasteiger partial charge on any atom is -0.355 e. The highest BCUT2D eigenvalue weighted by Crippen LogP contribution is 2.27. The van der Waals surface area contributed by atoms with E-state index in [2.05, 4.69) is 44.4 Å². The van der Waals surface area contributed by atoms with Crippen LogP contribution in [0.25, 0.3) is 0 Å². The van der Waals surface area contributed by atoms with Crippen LogP contribution in [0.4, 0.5) is 5.82 Å². The summed E-state index contributed by atoms with van der Waals surface area (Å²) < 4.78 is 1.11. The molecule has 0 saturated carbocycles. The molecule has 2 heterocycles. The molecule has 1 aliphatic heterocycles. The van der Waals surface area contributed by atoms with Crippen LogP contribution in [-0.4, -0.2) is 28.4 Å². The van der Waals surface area contributed by atoms with Gasteiger partial charge in [-0.1, -0.05) is 6.92 Å². The molecule has 0 aliphatic carbocycles. The average Bonchev–Trinajstić information content (AvgIpc) is 2.23. The normalized spacial score (nSPS) is 26.7. The van der Waals surface area contributed by atoms with Gasteiger partial charge in [0.05, 0.1) is 3.57 Å². The molecule has 0 amide bonds. The van der Waals surface area contributed by atoms with Crippen LogP contribution in [0.1, 0.15) is 13.3 Å². The number of hydrogen-bond acceptors (Lipinski definition) is 3. The Kier molecular flexibility index (Phi) is 3.66. The second-order valence-corrected chi connectivity index (χ2v) is 5.65. The predicted molar refractivity (Wildman–Crippen MR) is 70.4 cm³/mol. The van der Waals surface area contributed by atoms with Gasteiger partial charge in [0.1, 0.15) is 12.1 Å². The van der Waals surface area contributed by atoms with Gasteiger partial charge in [-0.25, -0.2) is 9.97 Å². The Morgan fingerprint density at radius 3 is 3.07 bits per heavy atom. The standard InChI is InChI=1S/C10H13ClIN3/c1-7-5-15(3-2-8(7)11)10-9(12)4-13-6-14-10/h4,6-8H,2-3,5H2,1H3. The highest BCUT2D eigenvalue weighted by molar-refractivity contribution is 14.1. The third-order valence-corrected chi connectivity index (χ3v) is 4.16. The molecule has 0 aromatic carbocycles. The third-order valence-electron chi connectivity index (χ3n) is 2.75. The molecule has 82 valence electrons. The van der Waals surface area contributed by atoms with E-state index in [0.717, 1.165) is 28.9 Å². The van der Waals surface area contributed by atoms with E-state index in [1.165, 1.54) is 0 Å². The summed E-state index contributed by atoms with van der Waals surface area (Å²) in [5.74, 6) is 1.56. The van der Waals surface area contributed by atoms with Crippen LogP contribution in [0.5, 0.6) is 0 Å². The van der Waals surface area contributed by atoms with E-state index in [4.69, 9.17) is 11.6 Å². The molecular weight excluding hydrogens is 324 g/mol. The van der Waals surface area contributed by atoms with Crippen molar-refractivity contribution in [1.82, 2.24) is 9.97 Å². The zero-order valence-corrected chi connectivity index (χ0v) is 11.4. The summed E-state index contributed by atoms with van der Waals surface area (Å²) in [6, 6.07) is 0. The second kappa shape index (κ2) is 4.82. The molecule has 0 radical (unpaired) electrons. The van der Waals surface area contributed by atoms with Crippen LogP contribution in [0.3, 0.4) is 0 Å². The average molecular weight is 338 g/mol. The minimum absolute atomic E-state index is 0.306. The van der Waals surface area contributed by atoms with Gasteiger partial charge in [-0.3, -0.25) is 0 Å². The SMILES string of the molecule is CC1CN(c2ncncc2I)CCC1Cl. The molecule has 5 heteroatoms. The number of halogens is 2. The van der Waals surface area contributed by atoms with Crippen LogP contribution >= 0.6 is 34.2 Å². The van der Waals surface area contributed by atoms with Crippen molar-refractivity contribution >= 4 is 40.0 Å². The van der Waals surface area contributed by atoms with Crippen LogP contribution < -0.4 is 4.90 Å². The number of rotatable bonds is 1. The lowest BCUT2D eigenvalue weighted by Gasteiger charge is -2.35. The van der Waals surface area contributed by atoms with Gasteiger partial charge in [0.25, 0.3) is 0 Å². The van der Waals surface area contributed by atoms with Gasteiger partial charge in [0, 0.05) is 24.7 Å². The van der Waals surface area contributed by atoms with E-state index in [1.54, 1.807) is 6.33 Å². The Morgan fingerprint density at radius 1 is 1.60 bits per heavy atom. The quantitative estimate of drug-likeness (QED) is 0.582. The van der Waals surface area contributed by atoms with Crippen molar-refractivity contribution in [3.63, 3.8) is 0 Å². The fourth-order valence-corrected chi connectivity index (χ4v) is 2.67. The number of nitrogens with zero attached hydrogens (tertiary/aromatic N) is 3. The molecule has 1 fully saturated rings. The van der Waals surface area contributed by atoms with Gasteiger partial charge in [-0.2, -0.15) is 0 Å². The zero-order chi connectivity index (χ0) is 10.8. The summed E-state index contributed by atoms with van der Waals surface area (Å²) in [5.41, 5.74) is 0. The first-order chi connectivity index (χ1) is 7.18. The molecular formula is C10H13ClIN3. The monoisotopic (exact) mass is 337 g/mol. The minimum atomic E-state index is 0.306. The maximum atomic E-state index is 6.20. The van der Waals surface area contributed by atoms with Crippen molar-refractivity contribution < 1.29 is 0 Å². The van der Waals surface area contributed by atoms with Crippen molar-refractivity contribution in [2.45, 2.75) is 18.7 Å². The first kappa shape index (κ1) is 11.4. The molecule has 0 N–H and O–H groups in total. The summed E-state index contributed by atoms with van der Waals surface area (Å²) in [7, 11) is 0. The smallest absolute Gasteiger partial charge is 0.145 e. The van der Waals surface area contributed by atoms with Gasteiger partial charge in [-0.05, 0) is 34.9 Å². The topological polar surface area (TPSA) is 29.0 Å². The Bertz CT molecular complexity index is 347. The van der Waals surface area contributed by atoms with Gasteiger partial charge < -0.3 is 4.90 Å². The Labute approximate surface area is 108 Å². The molecule has 0 spiro atoms.